The van der Waals surface area contributed by atoms with Crippen molar-refractivity contribution in [2.75, 3.05) is 0 Å². The first-order valence-corrected chi connectivity index (χ1v) is 5.13. The zero-order chi connectivity index (χ0) is 11.4. The Morgan fingerprint density at radius 1 is 0.938 bits per heavy atom. The number of hydrogen-bond donors (Lipinski definition) is 0. The van der Waals surface area contributed by atoms with Crippen molar-refractivity contribution in [2.45, 2.75) is 6.92 Å². The second-order valence-electron chi connectivity index (χ2n) is 3.62. The molecular formula is C14H12NO. The molecule has 2 rings (SSSR count). The summed E-state index contributed by atoms with van der Waals surface area (Å²) in [5.74, 6) is -0.203. The zero-order valence-electron chi connectivity index (χ0n) is 9.05. The Morgan fingerprint density at radius 3 is 2.19 bits per heavy atom. The lowest BCUT2D eigenvalue weighted by molar-refractivity contribution is 0.0969. The maximum atomic E-state index is 11.8. The minimum Gasteiger partial charge on any atom is -0.267 e. The van der Waals surface area contributed by atoms with Gasteiger partial charge in [0.25, 0.3) is 5.91 Å². The lowest BCUT2D eigenvalue weighted by atomic mass is 10.1. The van der Waals surface area contributed by atoms with Crippen molar-refractivity contribution >= 4 is 11.6 Å². The first-order chi connectivity index (χ1) is 7.75. The first-order valence-electron chi connectivity index (χ1n) is 5.13. The number of nitrogens with zero attached hydrogens (tertiary/aromatic N) is 1. The maximum Gasteiger partial charge on any atom is 0.277 e. The van der Waals surface area contributed by atoms with E-state index in [0.29, 0.717) is 11.3 Å². The van der Waals surface area contributed by atoms with E-state index in [0.717, 1.165) is 5.56 Å². The number of hydrogen-bond acceptors (Lipinski definition) is 1. The molecule has 2 nitrogen and oxygen atoms in total. The maximum absolute atomic E-state index is 11.8. The second-order valence-corrected chi connectivity index (χ2v) is 3.62. The van der Waals surface area contributed by atoms with Gasteiger partial charge in [-0.3, -0.25) is 4.79 Å². The van der Waals surface area contributed by atoms with Gasteiger partial charge in [0.05, 0.1) is 5.69 Å². The molecule has 0 aromatic heterocycles. The quantitative estimate of drug-likeness (QED) is 0.749. The van der Waals surface area contributed by atoms with Crippen molar-refractivity contribution in [1.29, 1.82) is 0 Å². The molecule has 16 heavy (non-hydrogen) atoms. The summed E-state index contributed by atoms with van der Waals surface area (Å²) < 4.78 is 0. The molecule has 0 spiro atoms. The number of amides is 1. The van der Waals surface area contributed by atoms with Gasteiger partial charge in [0.2, 0.25) is 0 Å². The largest absolute Gasteiger partial charge is 0.277 e. The fourth-order valence-electron chi connectivity index (χ4n) is 1.38. The van der Waals surface area contributed by atoms with Crippen molar-refractivity contribution in [3.05, 3.63) is 65.7 Å². The van der Waals surface area contributed by atoms with Crippen LogP contribution in [-0.2, 0) is 0 Å². The molecule has 0 fully saturated rings. The average molecular weight is 210 g/mol. The predicted molar refractivity (Wildman–Crippen MR) is 63.7 cm³/mol. The Balaban J connectivity index is 2.12. The predicted octanol–water partition coefficient (Wildman–Crippen LogP) is 3.07. The molecule has 2 heteroatoms. The summed E-state index contributed by atoms with van der Waals surface area (Å²) in [6.07, 6.45) is 0. The Morgan fingerprint density at radius 2 is 1.56 bits per heavy atom. The lowest BCUT2D eigenvalue weighted by Gasteiger charge is -2.01. The molecule has 0 atom stereocenters. The molecule has 0 aliphatic rings. The molecule has 1 amide bonds. The third-order valence-corrected chi connectivity index (χ3v) is 2.29. The van der Waals surface area contributed by atoms with Crippen LogP contribution in [0.2, 0.25) is 0 Å². The highest BCUT2D eigenvalue weighted by Crippen LogP contribution is 2.09. The summed E-state index contributed by atoms with van der Waals surface area (Å²) in [7, 11) is 0. The molecule has 79 valence electrons. The fourth-order valence-corrected chi connectivity index (χ4v) is 1.38. The molecule has 0 unspecified atom stereocenters. The molecule has 0 saturated carbocycles. The van der Waals surface area contributed by atoms with E-state index in [1.807, 2.05) is 49.4 Å². The number of carbonyl (C=O) groups is 1. The van der Waals surface area contributed by atoms with Crippen LogP contribution < -0.4 is 5.32 Å². The van der Waals surface area contributed by atoms with Gasteiger partial charge >= 0.3 is 0 Å². The summed E-state index contributed by atoms with van der Waals surface area (Å²) in [4.78, 5) is 11.8. The van der Waals surface area contributed by atoms with Gasteiger partial charge in [-0.25, -0.2) is 5.32 Å². The van der Waals surface area contributed by atoms with Gasteiger partial charge in [-0.1, -0.05) is 35.9 Å². The van der Waals surface area contributed by atoms with E-state index < -0.39 is 0 Å². The Labute approximate surface area is 94.9 Å². The van der Waals surface area contributed by atoms with Crippen molar-refractivity contribution in [3.8, 4) is 0 Å². The molecule has 0 N–H and O–H groups in total. The minimum atomic E-state index is -0.203. The van der Waals surface area contributed by atoms with Gasteiger partial charge in [0.1, 0.15) is 0 Å². The lowest BCUT2D eigenvalue weighted by Crippen LogP contribution is -2.10. The summed E-state index contributed by atoms with van der Waals surface area (Å²) in [6, 6.07) is 16.7. The van der Waals surface area contributed by atoms with Crippen molar-refractivity contribution in [1.82, 2.24) is 5.32 Å². The highest BCUT2D eigenvalue weighted by atomic mass is 16.1. The summed E-state index contributed by atoms with van der Waals surface area (Å²) >= 11 is 0. The van der Waals surface area contributed by atoms with Gasteiger partial charge in [-0.2, -0.15) is 0 Å². The number of para-hydroxylation sites is 1. The number of benzene rings is 2. The van der Waals surface area contributed by atoms with E-state index >= 15 is 0 Å². The first kappa shape index (κ1) is 10.4. The van der Waals surface area contributed by atoms with Crippen LogP contribution in [0, 0.1) is 6.92 Å². The summed E-state index contributed by atoms with van der Waals surface area (Å²) in [5, 5.41) is 4.02. The van der Waals surface area contributed by atoms with Crippen molar-refractivity contribution in [2.24, 2.45) is 0 Å². The number of carbonyl (C=O) groups excluding carboxylic acids is 1. The molecule has 0 bridgehead atoms. The van der Waals surface area contributed by atoms with Crippen LogP contribution in [0.15, 0.2) is 54.6 Å². The molecule has 0 aliphatic carbocycles. The topological polar surface area (TPSA) is 31.2 Å². The molecular weight excluding hydrogens is 198 g/mol. The SMILES string of the molecule is Cc1ccc(C(=O)[N]c2ccccc2)cc1. The number of rotatable bonds is 2. The van der Waals surface area contributed by atoms with Gasteiger partial charge in [0.15, 0.2) is 0 Å². The second kappa shape index (κ2) is 4.62. The fraction of sp³-hybridized carbons (Fsp3) is 0.0714. The molecule has 2 aromatic rings. The molecule has 0 aliphatic heterocycles. The van der Waals surface area contributed by atoms with Crippen LogP contribution in [0.4, 0.5) is 5.69 Å². The summed E-state index contributed by atoms with van der Waals surface area (Å²) in [5.41, 5.74) is 2.44. The minimum absolute atomic E-state index is 0.203. The van der Waals surface area contributed by atoms with Crippen LogP contribution in [0.25, 0.3) is 0 Å². The van der Waals surface area contributed by atoms with E-state index in [9.17, 15) is 4.79 Å². The highest BCUT2D eigenvalue weighted by Gasteiger charge is 2.06. The van der Waals surface area contributed by atoms with E-state index in [4.69, 9.17) is 0 Å². The van der Waals surface area contributed by atoms with Crippen molar-refractivity contribution < 1.29 is 4.79 Å². The Hall–Kier alpha value is -2.09. The van der Waals surface area contributed by atoms with E-state index in [-0.39, 0.29) is 5.91 Å². The monoisotopic (exact) mass is 210 g/mol. The Bertz CT molecular complexity index is 474. The van der Waals surface area contributed by atoms with Crippen molar-refractivity contribution in [3.63, 3.8) is 0 Å². The van der Waals surface area contributed by atoms with Crippen LogP contribution in [0.5, 0.6) is 0 Å². The smallest absolute Gasteiger partial charge is 0.267 e. The summed E-state index contributed by atoms with van der Waals surface area (Å²) in [6.45, 7) is 1.99. The average Bonchev–Trinajstić information content (AvgIpc) is 2.31. The molecule has 0 heterocycles. The van der Waals surface area contributed by atoms with E-state index in [1.165, 1.54) is 0 Å². The van der Waals surface area contributed by atoms with Crippen LogP contribution >= 0.6 is 0 Å². The number of aryl methyl sites for hydroxylation is 1. The third-order valence-electron chi connectivity index (χ3n) is 2.29. The normalized spacial score (nSPS) is 9.81. The van der Waals surface area contributed by atoms with Gasteiger partial charge in [-0.15, -0.1) is 0 Å². The molecule has 2 aromatic carbocycles. The van der Waals surface area contributed by atoms with Gasteiger partial charge in [-0.05, 0) is 31.2 Å². The third kappa shape index (κ3) is 2.48. The standard InChI is InChI=1S/C14H12NO/c1-11-7-9-12(10-8-11)14(16)15-13-5-3-2-4-6-13/h2-10H,1H3. The van der Waals surface area contributed by atoms with E-state index in [1.54, 1.807) is 12.1 Å². The van der Waals surface area contributed by atoms with Crippen LogP contribution in [0.3, 0.4) is 0 Å². The Kier molecular flexibility index (Phi) is 3.01. The van der Waals surface area contributed by atoms with Crippen LogP contribution in [0.1, 0.15) is 15.9 Å². The van der Waals surface area contributed by atoms with Crippen LogP contribution in [-0.4, -0.2) is 5.91 Å². The van der Waals surface area contributed by atoms with Gasteiger partial charge in [0, 0.05) is 5.56 Å². The molecule has 0 saturated heterocycles. The zero-order valence-corrected chi connectivity index (χ0v) is 9.05. The highest BCUT2D eigenvalue weighted by molar-refractivity contribution is 5.96. The molecule has 1 radical (unpaired) electrons. The van der Waals surface area contributed by atoms with Gasteiger partial charge < -0.3 is 0 Å². The van der Waals surface area contributed by atoms with E-state index in [2.05, 4.69) is 5.32 Å².